The number of nitrogens with two attached hydrogens (primary N) is 1. The molecule has 2 aromatic carbocycles. The zero-order valence-corrected chi connectivity index (χ0v) is 15.3. The smallest absolute Gasteiger partial charge is 0.322 e. The Labute approximate surface area is 156 Å². The quantitative estimate of drug-likeness (QED) is 0.831. The van der Waals surface area contributed by atoms with Crippen LogP contribution in [0.1, 0.15) is 29.8 Å². The maximum atomic E-state index is 13.8. The summed E-state index contributed by atoms with van der Waals surface area (Å²) in [5, 5.41) is 2.74. The van der Waals surface area contributed by atoms with E-state index in [2.05, 4.69) is 5.32 Å². The maximum absolute atomic E-state index is 13.8. The summed E-state index contributed by atoms with van der Waals surface area (Å²) in [5.41, 5.74) is 6.40. The third-order valence-electron chi connectivity index (χ3n) is 4.32. The van der Waals surface area contributed by atoms with Gasteiger partial charge in [0, 0.05) is 18.3 Å². The topological polar surface area (TPSA) is 75.4 Å². The number of para-hydroxylation sites is 1. The number of primary amides is 1. The molecule has 0 spiro atoms. The van der Waals surface area contributed by atoms with E-state index in [0.717, 1.165) is 12.1 Å². The van der Waals surface area contributed by atoms with Gasteiger partial charge in [-0.05, 0) is 49.2 Å². The van der Waals surface area contributed by atoms with Crippen LogP contribution in [0.15, 0.2) is 48.5 Å². The average molecular weight is 373 g/mol. The van der Waals surface area contributed by atoms with Gasteiger partial charge in [-0.1, -0.05) is 24.3 Å². The number of benzene rings is 2. The monoisotopic (exact) mass is 373 g/mol. The number of nitrogens with zero attached hydrogens (tertiary/aromatic N) is 1. The van der Waals surface area contributed by atoms with E-state index in [4.69, 9.17) is 5.73 Å². The highest BCUT2D eigenvalue weighted by Gasteiger charge is 2.24. The first-order valence-corrected chi connectivity index (χ1v) is 8.30. The summed E-state index contributed by atoms with van der Waals surface area (Å²) in [5.74, 6) is -3.14. The number of halogens is 2. The van der Waals surface area contributed by atoms with Crippen molar-refractivity contribution in [1.29, 1.82) is 0 Å². The van der Waals surface area contributed by atoms with E-state index in [1.54, 1.807) is 51.2 Å². The molecule has 0 fully saturated rings. The molecule has 0 radical (unpaired) electrons. The third-order valence-corrected chi connectivity index (χ3v) is 4.32. The van der Waals surface area contributed by atoms with E-state index in [9.17, 15) is 18.4 Å². The van der Waals surface area contributed by atoms with Crippen LogP contribution < -0.4 is 11.1 Å². The molecule has 1 unspecified atom stereocenters. The molecule has 0 bridgehead atoms. The molecule has 3 amide bonds. The predicted molar refractivity (Wildman–Crippen MR) is 101 cm³/mol. The highest BCUT2D eigenvalue weighted by Crippen LogP contribution is 2.27. The van der Waals surface area contributed by atoms with Gasteiger partial charge in [-0.25, -0.2) is 13.6 Å². The minimum atomic E-state index is -1.16. The molecule has 142 valence electrons. The average Bonchev–Trinajstić information content (AvgIpc) is 2.64. The highest BCUT2D eigenvalue weighted by molar-refractivity contribution is 5.99. The van der Waals surface area contributed by atoms with Crippen LogP contribution in [-0.4, -0.2) is 29.9 Å². The fourth-order valence-corrected chi connectivity index (χ4v) is 2.73. The molecule has 1 atom stereocenters. The van der Waals surface area contributed by atoms with Gasteiger partial charge in [-0.3, -0.25) is 4.79 Å². The zero-order chi connectivity index (χ0) is 20.1. The first kappa shape index (κ1) is 20.1. The van der Waals surface area contributed by atoms with Crippen LogP contribution in [0.5, 0.6) is 0 Å². The number of allylic oxidation sites excluding steroid dienone is 1. The first-order valence-electron chi connectivity index (χ1n) is 8.30. The fourth-order valence-electron chi connectivity index (χ4n) is 2.73. The molecular weight excluding hydrogens is 352 g/mol. The molecule has 0 aliphatic heterocycles. The Balaban J connectivity index is 2.33. The molecule has 2 aromatic rings. The van der Waals surface area contributed by atoms with Crippen LogP contribution in [0.3, 0.4) is 0 Å². The Morgan fingerprint density at radius 1 is 1.11 bits per heavy atom. The number of hydrogen-bond acceptors (Lipinski definition) is 2. The van der Waals surface area contributed by atoms with Crippen molar-refractivity contribution in [3.8, 4) is 0 Å². The van der Waals surface area contributed by atoms with Crippen LogP contribution in [0.4, 0.5) is 19.3 Å². The largest absolute Gasteiger partial charge is 0.366 e. The zero-order valence-electron chi connectivity index (χ0n) is 15.3. The van der Waals surface area contributed by atoms with E-state index in [0.29, 0.717) is 11.3 Å². The predicted octanol–water partition coefficient (Wildman–Crippen LogP) is 4.02. The second-order valence-corrected chi connectivity index (χ2v) is 6.00. The van der Waals surface area contributed by atoms with Crippen molar-refractivity contribution in [2.75, 3.05) is 12.4 Å². The second kappa shape index (κ2) is 8.44. The molecule has 2 rings (SSSR count). The van der Waals surface area contributed by atoms with Crippen molar-refractivity contribution in [3.05, 3.63) is 71.3 Å². The standard InChI is InChI=1S/C20H21F2N3O2/c1-4-14(15-10-17(21)18(22)11-16(15)19(23)26)12(2)25(3)20(27)24-13-8-6-5-7-9-13/h4-12H,1-3H3,(H2,23,26)(H,24,27)/b14-4-. The van der Waals surface area contributed by atoms with Crippen LogP contribution in [0, 0.1) is 11.6 Å². The normalized spacial score (nSPS) is 12.4. The number of nitrogens with one attached hydrogen (secondary N) is 1. The summed E-state index contributed by atoms with van der Waals surface area (Å²) in [7, 11) is 1.57. The molecular formula is C20H21F2N3O2. The molecule has 0 saturated carbocycles. The van der Waals surface area contributed by atoms with E-state index >= 15 is 0 Å². The summed E-state index contributed by atoms with van der Waals surface area (Å²) in [6.45, 7) is 3.40. The lowest BCUT2D eigenvalue weighted by Crippen LogP contribution is -2.39. The number of carbonyl (C=O) groups excluding carboxylic acids is 2. The lowest BCUT2D eigenvalue weighted by Gasteiger charge is -2.28. The van der Waals surface area contributed by atoms with Crippen LogP contribution in [0.2, 0.25) is 0 Å². The molecule has 0 aliphatic carbocycles. The Morgan fingerprint density at radius 2 is 1.67 bits per heavy atom. The molecule has 5 nitrogen and oxygen atoms in total. The Kier molecular flexibility index (Phi) is 6.28. The van der Waals surface area contributed by atoms with Crippen molar-refractivity contribution in [1.82, 2.24) is 4.90 Å². The van der Waals surface area contributed by atoms with Gasteiger partial charge in [-0.2, -0.15) is 0 Å². The number of anilines is 1. The van der Waals surface area contributed by atoms with Gasteiger partial charge in [-0.15, -0.1) is 0 Å². The van der Waals surface area contributed by atoms with Gasteiger partial charge in [0.05, 0.1) is 6.04 Å². The molecule has 0 aliphatic rings. The lowest BCUT2D eigenvalue weighted by atomic mass is 9.93. The van der Waals surface area contributed by atoms with Gasteiger partial charge in [0.15, 0.2) is 11.6 Å². The Hall–Kier alpha value is -3.22. The molecule has 0 heterocycles. The molecule has 0 saturated heterocycles. The molecule has 27 heavy (non-hydrogen) atoms. The van der Waals surface area contributed by atoms with E-state index in [1.807, 2.05) is 6.07 Å². The van der Waals surface area contributed by atoms with Gasteiger partial charge in [0.25, 0.3) is 0 Å². The van der Waals surface area contributed by atoms with Crippen LogP contribution in [-0.2, 0) is 0 Å². The van der Waals surface area contributed by atoms with Gasteiger partial charge < -0.3 is 16.0 Å². The molecule has 3 N–H and O–H groups in total. The Bertz CT molecular complexity index is 882. The van der Waals surface area contributed by atoms with Crippen LogP contribution in [0.25, 0.3) is 5.57 Å². The number of urea groups is 1. The van der Waals surface area contributed by atoms with Crippen molar-refractivity contribution in [3.63, 3.8) is 0 Å². The summed E-state index contributed by atoms with van der Waals surface area (Å²) in [6.07, 6.45) is 1.64. The van der Waals surface area contributed by atoms with Gasteiger partial charge in [0.1, 0.15) is 0 Å². The number of rotatable bonds is 5. The molecule has 7 heteroatoms. The number of likely N-dealkylation sites (N-methyl/N-ethyl adjacent to an activating group) is 1. The summed E-state index contributed by atoms with van der Waals surface area (Å²) in [6, 6.07) is 9.65. The van der Waals surface area contributed by atoms with Crippen molar-refractivity contribution in [2.24, 2.45) is 5.73 Å². The van der Waals surface area contributed by atoms with E-state index < -0.39 is 29.6 Å². The van der Waals surface area contributed by atoms with E-state index in [1.165, 1.54) is 4.90 Å². The Morgan fingerprint density at radius 3 is 2.19 bits per heavy atom. The van der Waals surface area contributed by atoms with Gasteiger partial charge in [0.2, 0.25) is 5.91 Å². The minimum absolute atomic E-state index is 0.147. The third kappa shape index (κ3) is 4.49. The SMILES string of the molecule is C/C=C(\c1cc(F)c(F)cc1C(N)=O)C(C)N(C)C(=O)Nc1ccccc1. The fraction of sp³-hybridized carbons (Fsp3) is 0.200. The van der Waals surface area contributed by atoms with Crippen molar-refractivity contribution < 1.29 is 18.4 Å². The molecule has 0 aromatic heterocycles. The van der Waals surface area contributed by atoms with Crippen molar-refractivity contribution in [2.45, 2.75) is 19.9 Å². The summed E-state index contributed by atoms with van der Waals surface area (Å²) >= 11 is 0. The minimum Gasteiger partial charge on any atom is -0.366 e. The summed E-state index contributed by atoms with van der Waals surface area (Å²) < 4.78 is 27.3. The summed E-state index contributed by atoms with van der Waals surface area (Å²) in [4.78, 5) is 25.6. The van der Waals surface area contributed by atoms with E-state index in [-0.39, 0.29) is 11.1 Å². The highest BCUT2D eigenvalue weighted by atomic mass is 19.2. The number of amides is 3. The lowest BCUT2D eigenvalue weighted by molar-refractivity contribution is 0.0999. The van der Waals surface area contributed by atoms with Crippen molar-refractivity contribution >= 4 is 23.2 Å². The first-order chi connectivity index (χ1) is 12.8. The second-order valence-electron chi connectivity index (χ2n) is 6.00. The van der Waals surface area contributed by atoms with Gasteiger partial charge >= 0.3 is 6.03 Å². The maximum Gasteiger partial charge on any atom is 0.322 e. The van der Waals surface area contributed by atoms with Crippen LogP contribution >= 0.6 is 0 Å². The number of hydrogen-bond donors (Lipinski definition) is 2. The number of carbonyl (C=O) groups is 2.